The lowest BCUT2D eigenvalue weighted by atomic mass is 10.3. The van der Waals surface area contributed by atoms with Gasteiger partial charge in [-0.15, -0.1) is 0 Å². The predicted octanol–water partition coefficient (Wildman–Crippen LogP) is 2.42. The van der Waals surface area contributed by atoms with Crippen LogP contribution in [0.25, 0.3) is 0 Å². The highest BCUT2D eigenvalue weighted by molar-refractivity contribution is 5.27. The summed E-state index contributed by atoms with van der Waals surface area (Å²) in [6, 6.07) is 1.71. The van der Waals surface area contributed by atoms with Crippen LogP contribution in [0.4, 0.5) is 8.78 Å². The third-order valence-electron chi connectivity index (χ3n) is 1.47. The SMILES string of the molecule is Cc1ccncc1OCC(C)(F)F. The number of ether oxygens (including phenoxy) is 1. The molecule has 0 amide bonds. The molecule has 1 aromatic heterocycles. The van der Waals surface area contributed by atoms with Crippen LogP contribution in [0.1, 0.15) is 12.5 Å². The van der Waals surface area contributed by atoms with Gasteiger partial charge in [-0.2, -0.15) is 0 Å². The van der Waals surface area contributed by atoms with Crippen molar-refractivity contribution < 1.29 is 13.5 Å². The molecule has 1 rings (SSSR count). The van der Waals surface area contributed by atoms with E-state index in [4.69, 9.17) is 4.74 Å². The molecule has 0 aliphatic rings. The third-order valence-corrected chi connectivity index (χ3v) is 1.47. The number of hydrogen-bond donors (Lipinski definition) is 0. The largest absolute Gasteiger partial charge is 0.485 e. The summed E-state index contributed by atoms with van der Waals surface area (Å²) < 4.78 is 29.7. The number of alkyl halides is 2. The smallest absolute Gasteiger partial charge is 0.278 e. The zero-order chi connectivity index (χ0) is 9.90. The Labute approximate surface area is 75.6 Å². The van der Waals surface area contributed by atoms with Gasteiger partial charge in [-0.05, 0) is 18.6 Å². The van der Waals surface area contributed by atoms with E-state index in [9.17, 15) is 8.78 Å². The van der Waals surface area contributed by atoms with Crippen LogP contribution in [0.3, 0.4) is 0 Å². The summed E-state index contributed by atoms with van der Waals surface area (Å²) >= 11 is 0. The molecule has 0 radical (unpaired) electrons. The summed E-state index contributed by atoms with van der Waals surface area (Å²) in [6.45, 7) is 1.99. The van der Waals surface area contributed by atoms with E-state index < -0.39 is 12.5 Å². The number of halogens is 2. The standard InChI is InChI=1S/C9H11F2NO/c1-7-3-4-12-5-8(7)13-6-9(2,10)11/h3-5H,6H2,1-2H3. The molecule has 0 aliphatic carbocycles. The Bertz CT molecular complexity index is 283. The van der Waals surface area contributed by atoms with E-state index >= 15 is 0 Å². The van der Waals surface area contributed by atoms with Crippen molar-refractivity contribution in [1.82, 2.24) is 4.98 Å². The van der Waals surface area contributed by atoms with Crippen LogP contribution in [-0.2, 0) is 0 Å². The first-order valence-electron chi connectivity index (χ1n) is 3.90. The molecule has 0 spiro atoms. The average molecular weight is 187 g/mol. The van der Waals surface area contributed by atoms with Crippen molar-refractivity contribution in [3.8, 4) is 5.75 Å². The van der Waals surface area contributed by atoms with Crippen LogP contribution in [0.5, 0.6) is 5.75 Å². The minimum atomic E-state index is -2.80. The first-order valence-corrected chi connectivity index (χ1v) is 3.90. The van der Waals surface area contributed by atoms with Crippen molar-refractivity contribution in [3.05, 3.63) is 24.0 Å². The highest BCUT2D eigenvalue weighted by Crippen LogP contribution is 2.18. The van der Waals surface area contributed by atoms with Crippen molar-refractivity contribution in [3.63, 3.8) is 0 Å². The maximum absolute atomic E-state index is 12.4. The second kappa shape index (κ2) is 3.68. The monoisotopic (exact) mass is 187 g/mol. The van der Waals surface area contributed by atoms with Gasteiger partial charge in [-0.25, -0.2) is 8.78 Å². The molecule has 0 saturated heterocycles. The van der Waals surface area contributed by atoms with Gasteiger partial charge in [0.2, 0.25) is 0 Å². The fourth-order valence-electron chi connectivity index (χ4n) is 0.805. The Morgan fingerprint density at radius 3 is 2.77 bits per heavy atom. The van der Waals surface area contributed by atoms with Gasteiger partial charge >= 0.3 is 0 Å². The van der Waals surface area contributed by atoms with Gasteiger partial charge in [-0.3, -0.25) is 4.98 Å². The molecule has 0 aliphatic heterocycles. The Morgan fingerprint density at radius 1 is 1.54 bits per heavy atom. The Kier molecular flexibility index (Phi) is 2.80. The van der Waals surface area contributed by atoms with Gasteiger partial charge in [-0.1, -0.05) is 0 Å². The van der Waals surface area contributed by atoms with E-state index in [-0.39, 0.29) is 0 Å². The summed E-state index contributed by atoms with van der Waals surface area (Å²) in [5.74, 6) is -2.40. The molecule has 2 nitrogen and oxygen atoms in total. The van der Waals surface area contributed by atoms with E-state index in [1.54, 1.807) is 19.2 Å². The van der Waals surface area contributed by atoms with E-state index in [1.165, 1.54) is 6.20 Å². The molecular weight excluding hydrogens is 176 g/mol. The van der Waals surface area contributed by atoms with Crippen LogP contribution in [0, 0.1) is 6.92 Å². The molecule has 72 valence electrons. The zero-order valence-electron chi connectivity index (χ0n) is 7.55. The highest BCUT2D eigenvalue weighted by Gasteiger charge is 2.22. The molecule has 0 aromatic carbocycles. The Morgan fingerprint density at radius 2 is 2.23 bits per heavy atom. The lowest BCUT2D eigenvalue weighted by Gasteiger charge is -2.12. The molecule has 1 heterocycles. The van der Waals surface area contributed by atoms with Gasteiger partial charge in [0, 0.05) is 13.1 Å². The number of nitrogens with zero attached hydrogens (tertiary/aromatic N) is 1. The predicted molar refractivity (Wildman–Crippen MR) is 45.1 cm³/mol. The lowest BCUT2D eigenvalue weighted by molar-refractivity contribution is -0.0232. The molecule has 0 unspecified atom stereocenters. The fourth-order valence-corrected chi connectivity index (χ4v) is 0.805. The number of hydrogen-bond acceptors (Lipinski definition) is 2. The van der Waals surface area contributed by atoms with Crippen LogP contribution >= 0.6 is 0 Å². The minimum absolute atomic E-state index is 0.407. The van der Waals surface area contributed by atoms with Crippen LogP contribution in [-0.4, -0.2) is 17.5 Å². The molecule has 0 N–H and O–H groups in total. The summed E-state index contributed by atoms with van der Waals surface area (Å²) in [5, 5.41) is 0. The number of aromatic nitrogens is 1. The van der Waals surface area contributed by atoms with Gasteiger partial charge in [0.05, 0.1) is 6.20 Å². The van der Waals surface area contributed by atoms with Crippen molar-refractivity contribution >= 4 is 0 Å². The lowest BCUT2D eigenvalue weighted by Crippen LogP contribution is -2.21. The number of rotatable bonds is 3. The summed E-state index contributed by atoms with van der Waals surface area (Å²) in [4.78, 5) is 3.78. The molecular formula is C9H11F2NO. The molecule has 0 fully saturated rings. The molecule has 1 aromatic rings. The van der Waals surface area contributed by atoms with Gasteiger partial charge in [0.1, 0.15) is 5.75 Å². The molecule has 13 heavy (non-hydrogen) atoms. The summed E-state index contributed by atoms with van der Waals surface area (Å²) in [7, 11) is 0. The van der Waals surface area contributed by atoms with E-state index in [1.807, 2.05) is 0 Å². The zero-order valence-corrected chi connectivity index (χ0v) is 7.55. The maximum Gasteiger partial charge on any atom is 0.278 e. The molecule has 0 bridgehead atoms. The van der Waals surface area contributed by atoms with Crippen molar-refractivity contribution in [2.24, 2.45) is 0 Å². The number of pyridine rings is 1. The van der Waals surface area contributed by atoms with Gasteiger partial charge < -0.3 is 4.74 Å². The van der Waals surface area contributed by atoms with Gasteiger partial charge in [0.15, 0.2) is 6.61 Å². The van der Waals surface area contributed by atoms with Crippen molar-refractivity contribution in [2.75, 3.05) is 6.61 Å². The highest BCUT2D eigenvalue weighted by atomic mass is 19.3. The normalized spacial score (nSPS) is 11.4. The Balaban J connectivity index is 2.60. The molecule has 0 atom stereocenters. The van der Waals surface area contributed by atoms with Crippen LogP contribution < -0.4 is 4.74 Å². The average Bonchev–Trinajstić information content (AvgIpc) is 2.01. The first-order chi connectivity index (χ1) is 5.99. The first kappa shape index (κ1) is 9.89. The fraction of sp³-hybridized carbons (Fsp3) is 0.444. The Hall–Kier alpha value is -1.19. The molecule has 4 heteroatoms. The van der Waals surface area contributed by atoms with Crippen molar-refractivity contribution in [1.29, 1.82) is 0 Å². The van der Waals surface area contributed by atoms with E-state index in [2.05, 4.69) is 4.98 Å². The van der Waals surface area contributed by atoms with Gasteiger partial charge in [0.25, 0.3) is 5.92 Å². The topological polar surface area (TPSA) is 22.1 Å². The van der Waals surface area contributed by atoms with E-state index in [0.717, 1.165) is 12.5 Å². The van der Waals surface area contributed by atoms with E-state index in [0.29, 0.717) is 5.75 Å². The third kappa shape index (κ3) is 3.36. The minimum Gasteiger partial charge on any atom is -0.485 e. The quantitative estimate of drug-likeness (QED) is 0.725. The van der Waals surface area contributed by atoms with Crippen LogP contribution in [0.2, 0.25) is 0 Å². The maximum atomic E-state index is 12.4. The second-order valence-electron chi connectivity index (χ2n) is 3.00. The summed E-state index contributed by atoms with van der Waals surface area (Å²) in [6.07, 6.45) is 3.02. The summed E-state index contributed by atoms with van der Waals surface area (Å²) in [5.41, 5.74) is 0.805. The van der Waals surface area contributed by atoms with Crippen LogP contribution in [0.15, 0.2) is 18.5 Å². The second-order valence-corrected chi connectivity index (χ2v) is 3.00. The van der Waals surface area contributed by atoms with Crippen molar-refractivity contribution in [2.45, 2.75) is 19.8 Å². The molecule has 0 saturated carbocycles. The number of aryl methyl sites for hydroxylation is 1.